The van der Waals surface area contributed by atoms with Gasteiger partial charge in [-0.15, -0.1) is 0 Å². The predicted octanol–water partition coefficient (Wildman–Crippen LogP) is 13.8. The highest BCUT2D eigenvalue weighted by molar-refractivity contribution is 6.30. The molecule has 0 amide bonds. The van der Waals surface area contributed by atoms with E-state index < -0.39 is 0 Å². The average molecular weight is 619 g/mol. The van der Waals surface area contributed by atoms with E-state index in [1.54, 1.807) is 0 Å². The Morgan fingerprint density at radius 2 is 0.673 bits per heavy atom. The zero-order valence-electron chi connectivity index (χ0n) is 27.1. The number of rotatable bonds is 3. The first kappa shape index (κ1) is 26.8. The molecule has 0 radical (unpaired) electrons. The highest BCUT2D eigenvalue weighted by atomic mass is 14.3. The summed E-state index contributed by atoms with van der Waals surface area (Å²) in [5, 5.41) is 7.99. The molecule has 0 atom stereocenters. The van der Waals surface area contributed by atoms with Crippen LogP contribution in [0.5, 0.6) is 0 Å². The third-order valence-corrected chi connectivity index (χ3v) is 11.1. The van der Waals surface area contributed by atoms with Crippen molar-refractivity contribution in [2.45, 2.75) is 6.92 Å². The third kappa shape index (κ3) is 3.53. The molecule has 11 rings (SSSR count). The highest BCUT2D eigenvalue weighted by Gasteiger charge is 2.32. The van der Waals surface area contributed by atoms with Crippen molar-refractivity contribution in [1.82, 2.24) is 0 Å². The van der Waals surface area contributed by atoms with Gasteiger partial charge in [-0.25, -0.2) is 0 Å². The Morgan fingerprint density at radius 3 is 1.29 bits per heavy atom. The van der Waals surface area contributed by atoms with Crippen LogP contribution < -0.4 is 0 Å². The summed E-state index contributed by atoms with van der Waals surface area (Å²) >= 11 is 0. The lowest BCUT2D eigenvalue weighted by atomic mass is 9.82. The molecule has 0 unspecified atom stereocenters. The zero-order valence-corrected chi connectivity index (χ0v) is 27.1. The Bertz CT molecular complexity index is 2730. The van der Waals surface area contributed by atoms with Crippen molar-refractivity contribution >= 4 is 32.3 Å². The van der Waals surface area contributed by atoms with Crippen LogP contribution in [0, 0.1) is 6.92 Å². The summed E-state index contributed by atoms with van der Waals surface area (Å²) in [5.74, 6) is 0. The summed E-state index contributed by atoms with van der Waals surface area (Å²) in [6.07, 6.45) is 0. The normalized spacial score (nSPS) is 12.2. The van der Waals surface area contributed by atoms with Crippen LogP contribution in [0.1, 0.15) is 5.56 Å². The molecular weight excluding hydrogens is 589 g/mol. The molecule has 0 bridgehead atoms. The van der Waals surface area contributed by atoms with Gasteiger partial charge in [0.15, 0.2) is 0 Å². The fourth-order valence-corrected chi connectivity index (χ4v) is 9.14. The largest absolute Gasteiger partial charge is 0.0622 e. The van der Waals surface area contributed by atoms with Crippen molar-refractivity contribution in [3.05, 3.63) is 169 Å². The molecule has 0 N–H and O–H groups in total. The molecule has 0 saturated heterocycles. The minimum absolute atomic E-state index is 1.25. The van der Waals surface area contributed by atoms with Crippen molar-refractivity contribution in [3.63, 3.8) is 0 Å². The van der Waals surface area contributed by atoms with E-state index in [-0.39, 0.29) is 0 Å². The van der Waals surface area contributed by atoms with Gasteiger partial charge in [-0.05, 0) is 123 Å². The van der Waals surface area contributed by atoms with Crippen molar-refractivity contribution in [3.8, 4) is 77.9 Å². The lowest BCUT2D eigenvalue weighted by molar-refractivity contribution is 1.53. The summed E-state index contributed by atoms with van der Waals surface area (Å²) in [6.45, 7) is 2.29. The maximum absolute atomic E-state index is 2.42. The summed E-state index contributed by atoms with van der Waals surface area (Å²) in [6, 6.07) is 61.0. The quantitative estimate of drug-likeness (QED) is 0.185. The summed E-state index contributed by atoms with van der Waals surface area (Å²) in [5.41, 5.74) is 19.7. The smallest absolute Gasteiger partial charge is 0.000741 e. The van der Waals surface area contributed by atoms with Gasteiger partial charge in [0.1, 0.15) is 0 Å². The number of hydrogen-bond acceptors (Lipinski definition) is 0. The van der Waals surface area contributed by atoms with Crippen LogP contribution in [0.25, 0.3) is 110 Å². The Hall–Kier alpha value is -6.24. The summed E-state index contributed by atoms with van der Waals surface area (Å²) in [7, 11) is 0. The van der Waals surface area contributed by atoms with Crippen LogP contribution in [-0.2, 0) is 0 Å². The Kier molecular flexibility index (Phi) is 5.41. The number of aryl methyl sites for hydroxylation is 1. The first-order valence-electron chi connectivity index (χ1n) is 17.2. The molecular formula is C49H30. The molecule has 9 aromatic carbocycles. The van der Waals surface area contributed by atoms with E-state index in [4.69, 9.17) is 0 Å². The zero-order chi connectivity index (χ0) is 32.2. The van der Waals surface area contributed by atoms with Gasteiger partial charge in [-0.3, -0.25) is 0 Å². The standard InChI is InChI=1S/C49H30/c1-29-23-24-41-47-42(28-27-39(43(29)47)34-25-26-40-33-18-9-8-17-32(33)35-21-12-22-36(34)46(35)40)49-45(31-15-6-3-7-16-31)38-20-11-10-19-37(38)44(48(41)49)30-13-4-2-5-14-30/h2-28H,1H3. The summed E-state index contributed by atoms with van der Waals surface area (Å²) in [4.78, 5) is 0. The van der Waals surface area contributed by atoms with Crippen molar-refractivity contribution in [2.75, 3.05) is 0 Å². The van der Waals surface area contributed by atoms with E-state index in [0.29, 0.717) is 0 Å². The molecule has 0 spiro atoms. The molecule has 0 nitrogen and oxygen atoms in total. The van der Waals surface area contributed by atoms with Gasteiger partial charge in [0.2, 0.25) is 0 Å². The lowest BCUT2D eigenvalue weighted by Gasteiger charge is -2.20. The second-order valence-corrected chi connectivity index (χ2v) is 13.6. The Labute approximate surface area is 285 Å². The maximum Gasteiger partial charge on any atom is -0.000741 e. The minimum atomic E-state index is 1.25. The molecule has 0 heteroatoms. The van der Waals surface area contributed by atoms with E-state index in [2.05, 4.69) is 171 Å². The molecule has 2 aliphatic rings. The first-order chi connectivity index (χ1) is 24.3. The van der Waals surface area contributed by atoms with Crippen LogP contribution in [0.15, 0.2) is 164 Å². The van der Waals surface area contributed by atoms with Gasteiger partial charge in [0, 0.05) is 0 Å². The Morgan fingerprint density at radius 1 is 0.245 bits per heavy atom. The SMILES string of the molecule is Cc1ccc2c3c(ccc(-c4ccc5c6c(cccc46)-c4ccccc4-5)c13)-c1c-2c(-c2ccccc2)c2ccccc2c1-c1ccccc1. The van der Waals surface area contributed by atoms with Crippen molar-refractivity contribution in [2.24, 2.45) is 0 Å². The van der Waals surface area contributed by atoms with Gasteiger partial charge in [0.25, 0.3) is 0 Å². The van der Waals surface area contributed by atoms with Crippen LogP contribution >= 0.6 is 0 Å². The predicted molar refractivity (Wildman–Crippen MR) is 209 cm³/mol. The van der Waals surface area contributed by atoms with Crippen LogP contribution in [0.4, 0.5) is 0 Å². The molecule has 0 aromatic heterocycles. The minimum Gasteiger partial charge on any atom is -0.0622 e. The molecule has 2 aliphatic carbocycles. The van der Waals surface area contributed by atoms with Crippen molar-refractivity contribution < 1.29 is 0 Å². The van der Waals surface area contributed by atoms with Gasteiger partial charge in [-0.2, -0.15) is 0 Å². The van der Waals surface area contributed by atoms with Gasteiger partial charge >= 0.3 is 0 Å². The van der Waals surface area contributed by atoms with Crippen molar-refractivity contribution in [1.29, 1.82) is 0 Å². The van der Waals surface area contributed by atoms with Crippen LogP contribution in [0.3, 0.4) is 0 Å². The fourth-order valence-electron chi connectivity index (χ4n) is 9.14. The van der Waals surface area contributed by atoms with E-state index in [1.165, 1.54) is 116 Å². The molecule has 0 heterocycles. The maximum atomic E-state index is 2.42. The van der Waals surface area contributed by atoms with E-state index in [0.717, 1.165) is 0 Å². The number of fused-ring (bicyclic) bond motifs is 7. The molecule has 0 saturated carbocycles. The molecule has 9 aromatic rings. The number of hydrogen-bond donors (Lipinski definition) is 0. The topological polar surface area (TPSA) is 0 Å². The second-order valence-electron chi connectivity index (χ2n) is 13.6. The van der Waals surface area contributed by atoms with Crippen LogP contribution in [0.2, 0.25) is 0 Å². The van der Waals surface area contributed by atoms with Crippen LogP contribution in [-0.4, -0.2) is 0 Å². The molecule has 0 fully saturated rings. The van der Waals surface area contributed by atoms with Gasteiger partial charge in [0.05, 0.1) is 0 Å². The molecule has 49 heavy (non-hydrogen) atoms. The van der Waals surface area contributed by atoms with E-state index in [1.807, 2.05) is 0 Å². The van der Waals surface area contributed by atoms with Gasteiger partial charge in [-0.1, -0.05) is 164 Å². The monoisotopic (exact) mass is 618 g/mol. The third-order valence-electron chi connectivity index (χ3n) is 11.1. The van der Waals surface area contributed by atoms with Gasteiger partial charge < -0.3 is 0 Å². The first-order valence-corrected chi connectivity index (χ1v) is 17.2. The summed E-state index contributed by atoms with van der Waals surface area (Å²) < 4.78 is 0. The molecule has 0 aliphatic heterocycles. The Balaban J connectivity index is 1.28. The lowest BCUT2D eigenvalue weighted by Crippen LogP contribution is -1.93. The second kappa shape index (κ2) is 9.89. The fraction of sp³-hybridized carbons (Fsp3) is 0.0204. The average Bonchev–Trinajstić information content (AvgIpc) is 3.67. The molecule has 226 valence electrons. The van der Waals surface area contributed by atoms with E-state index in [9.17, 15) is 0 Å². The highest BCUT2D eigenvalue weighted by Crippen LogP contribution is 2.59. The van der Waals surface area contributed by atoms with E-state index >= 15 is 0 Å². The number of benzene rings is 9.